The van der Waals surface area contributed by atoms with Crippen LogP contribution in [0.1, 0.15) is 22.3 Å². The number of aromatic hydroxyl groups is 1. The molecular formula is C24H28N4O9. The number of primary amides is 1. The second kappa shape index (κ2) is 9.41. The summed E-state index contributed by atoms with van der Waals surface area (Å²) >= 11 is 0. The highest BCUT2D eigenvalue weighted by Gasteiger charge is 2.69. The van der Waals surface area contributed by atoms with Gasteiger partial charge >= 0.3 is 0 Å². The van der Waals surface area contributed by atoms with E-state index in [0.717, 1.165) is 0 Å². The zero-order valence-corrected chi connectivity index (χ0v) is 20.4. The molecule has 2 saturated carbocycles. The smallest absolute Gasteiger partial charge is 0.240 e. The minimum Gasteiger partial charge on any atom is -0.505 e. The number of carbonyl (C=O) groups excluding carboxylic acids is 6. The molecule has 1 aromatic carbocycles. The van der Waals surface area contributed by atoms with Crippen molar-refractivity contribution in [2.45, 2.75) is 24.5 Å². The molecule has 13 nitrogen and oxygen atoms in total. The Morgan fingerprint density at radius 2 is 1.86 bits per heavy atom. The van der Waals surface area contributed by atoms with E-state index >= 15 is 0 Å². The second-order valence-corrected chi connectivity index (χ2v) is 9.86. The van der Waals surface area contributed by atoms with E-state index in [0.29, 0.717) is 5.56 Å². The predicted molar refractivity (Wildman–Crippen MR) is 125 cm³/mol. The van der Waals surface area contributed by atoms with Gasteiger partial charge in [0.25, 0.3) is 0 Å². The third-order valence-electron chi connectivity index (χ3n) is 7.59. The van der Waals surface area contributed by atoms with E-state index in [9.17, 15) is 39.0 Å². The maximum absolute atomic E-state index is 13.7. The number of fused-ring (bicyclic) bond motifs is 3. The summed E-state index contributed by atoms with van der Waals surface area (Å²) < 4.78 is 0. The summed E-state index contributed by atoms with van der Waals surface area (Å²) in [5, 5.41) is 24.8. The lowest BCUT2D eigenvalue weighted by molar-refractivity contribution is -0.181. The quantitative estimate of drug-likeness (QED) is 0.158. The molecule has 0 saturated heterocycles. The van der Waals surface area contributed by atoms with E-state index in [4.69, 9.17) is 5.73 Å². The number of phenols is 1. The van der Waals surface area contributed by atoms with Gasteiger partial charge in [-0.05, 0) is 44.5 Å². The fraction of sp³-hybridized carbons (Fsp3) is 0.500. The maximum Gasteiger partial charge on any atom is 0.240 e. The van der Waals surface area contributed by atoms with Crippen molar-refractivity contribution >= 4 is 40.6 Å². The monoisotopic (exact) mass is 516 g/mol. The number of Topliss-reactive ketones (excluding diaryl/α,β-unsaturated/α-hetero) is 4. The molecule has 37 heavy (non-hydrogen) atoms. The molecule has 0 bridgehead atoms. The first-order valence-electron chi connectivity index (χ1n) is 11.6. The van der Waals surface area contributed by atoms with E-state index < -0.39 is 76.0 Å². The van der Waals surface area contributed by atoms with Crippen molar-refractivity contribution in [3.05, 3.63) is 23.3 Å². The van der Waals surface area contributed by atoms with Crippen LogP contribution in [0, 0.1) is 23.7 Å². The Morgan fingerprint density at radius 1 is 1.19 bits per heavy atom. The lowest BCUT2D eigenvalue weighted by atomic mass is 9.52. The second-order valence-electron chi connectivity index (χ2n) is 9.86. The standard InChI is InChI=1S/C24H28N4O9/c1-28(2)17-11-7-10-6-9-4-5-12(27-13(29)8-26-37-3)18(30)14(9)19(31)15(10)21(33)24(11,36)22(34)16(20(17)32)23(25)35/h4-5,10-11,15-17,26,30,36H,6-8H2,1-3H3,(H2,25,35)(H,27,29)/t10?,11?,15?,16?,17-,24-/m0/s1. The molecule has 6 N–H and O–H groups in total. The van der Waals surface area contributed by atoms with Crippen molar-refractivity contribution in [1.29, 1.82) is 0 Å². The van der Waals surface area contributed by atoms with Crippen LogP contribution in [0.3, 0.4) is 0 Å². The number of hydrogen-bond acceptors (Lipinski definition) is 11. The van der Waals surface area contributed by atoms with Gasteiger partial charge in [-0.25, -0.2) is 0 Å². The molecule has 6 atom stereocenters. The average Bonchev–Trinajstić information content (AvgIpc) is 2.81. The summed E-state index contributed by atoms with van der Waals surface area (Å²) in [5.74, 6) is -11.9. The SMILES string of the molecule is CONCC(=O)Nc1ccc2c(c1O)C(=O)C1C(=O)[C@]3(O)C(=O)C(C(N)=O)C(=O)[C@@H](N(C)C)C3CC1C2. The molecule has 198 valence electrons. The number of nitrogens with zero attached hydrogens (tertiary/aromatic N) is 1. The molecule has 2 amide bonds. The van der Waals surface area contributed by atoms with Crippen LogP contribution in [0.25, 0.3) is 0 Å². The number of amides is 2. The van der Waals surface area contributed by atoms with E-state index in [-0.39, 0.29) is 30.6 Å². The van der Waals surface area contributed by atoms with Gasteiger partial charge < -0.3 is 26.1 Å². The van der Waals surface area contributed by atoms with Gasteiger partial charge in [0.2, 0.25) is 11.8 Å². The minimum atomic E-state index is -2.79. The molecule has 1 aromatic rings. The number of likely N-dealkylation sites (N-methyl/N-ethyl adjacent to an activating group) is 1. The molecule has 4 unspecified atom stereocenters. The predicted octanol–water partition coefficient (Wildman–Crippen LogP) is -2.04. The number of nitrogens with two attached hydrogens (primary N) is 1. The Balaban J connectivity index is 1.76. The molecule has 13 heteroatoms. The average molecular weight is 517 g/mol. The topological polar surface area (TPSA) is 205 Å². The third kappa shape index (κ3) is 3.94. The highest BCUT2D eigenvalue weighted by Crippen LogP contribution is 2.51. The van der Waals surface area contributed by atoms with Gasteiger partial charge in [-0.2, -0.15) is 5.48 Å². The van der Waals surface area contributed by atoms with Gasteiger partial charge in [0, 0.05) is 5.92 Å². The number of hydrogen-bond donors (Lipinski definition) is 5. The van der Waals surface area contributed by atoms with Crippen LogP contribution in [0.5, 0.6) is 5.75 Å². The lowest BCUT2D eigenvalue weighted by Gasteiger charge is -2.52. The Hall–Kier alpha value is -3.52. The van der Waals surface area contributed by atoms with Crippen LogP contribution in [-0.4, -0.2) is 89.5 Å². The molecule has 3 aliphatic rings. The van der Waals surface area contributed by atoms with E-state index in [1.807, 2.05) is 0 Å². The molecular weight excluding hydrogens is 488 g/mol. The van der Waals surface area contributed by atoms with Gasteiger partial charge in [-0.3, -0.25) is 33.7 Å². The first-order valence-corrected chi connectivity index (χ1v) is 11.6. The zero-order chi connectivity index (χ0) is 27.4. The van der Waals surface area contributed by atoms with Gasteiger partial charge in [-0.1, -0.05) is 6.07 Å². The number of aliphatic hydroxyl groups is 1. The molecule has 0 radical (unpaired) electrons. The Labute approximate surface area is 211 Å². The fourth-order valence-corrected chi connectivity index (χ4v) is 6.01. The molecule has 0 aliphatic heterocycles. The van der Waals surface area contributed by atoms with Crippen molar-refractivity contribution in [2.24, 2.45) is 29.4 Å². The van der Waals surface area contributed by atoms with Crippen LogP contribution in [0.4, 0.5) is 5.69 Å². The number of rotatable bonds is 6. The Kier molecular flexibility index (Phi) is 6.75. The van der Waals surface area contributed by atoms with Crippen LogP contribution in [-0.2, 0) is 35.2 Å². The van der Waals surface area contributed by atoms with Gasteiger partial charge in [0.05, 0.1) is 30.3 Å². The van der Waals surface area contributed by atoms with Gasteiger partial charge in [0.15, 0.2) is 34.7 Å². The van der Waals surface area contributed by atoms with Crippen molar-refractivity contribution in [1.82, 2.24) is 10.4 Å². The first kappa shape index (κ1) is 26.5. The zero-order valence-electron chi connectivity index (χ0n) is 20.4. The molecule has 0 aromatic heterocycles. The van der Waals surface area contributed by atoms with Crippen LogP contribution in [0.15, 0.2) is 12.1 Å². The van der Waals surface area contributed by atoms with Crippen molar-refractivity contribution in [2.75, 3.05) is 33.1 Å². The number of benzene rings is 1. The first-order chi connectivity index (χ1) is 17.4. The number of hydroxylamine groups is 1. The number of carbonyl (C=O) groups is 6. The Bertz CT molecular complexity index is 1230. The number of ketones is 4. The maximum atomic E-state index is 13.7. The van der Waals surface area contributed by atoms with Gasteiger partial charge in [-0.15, -0.1) is 0 Å². The van der Waals surface area contributed by atoms with Crippen LogP contribution in [0.2, 0.25) is 0 Å². The molecule has 2 fully saturated rings. The van der Waals surface area contributed by atoms with Crippen molar-refractivity contribution < 1.29 is 43.8 Å². The van der Waals surface area contributed by atoms with E-state index in [2.05, 4.69) is 15.6 Å². The van der Waals surface area contributed by atoms with E-state index in [1.54, 1.807) is 0 Å². The molecule has 4 rings (SSSR count). The largest absolute Gasteiger partial charge is 0.505 e. The van der Waals surface area contributed by atoms with Gasteiger partial charge in [0.1, 0.15) is 12.3 Å². The highest BCUT2D eigenvalue weighted by atomic mass is 16.6. The summed E-state index contributed by atoms with van der Waals surface area (Å²) in [5.41, 5.74) is 4.98. The number of nitrogens with one attached hydrogen (secondary N) is 2. The number of phenolic OH excluding ortho intramolecular Hbond substituents is 1. The Morgan fingerprint density at radius 3 is 2.46 bits per heavy atom. The summed E-state index contributed by atoms with van der Waals surface area (Å²) in [6, 6.07) is 1.80. The van der Waals surface area contributed by atoms with Crippen LogP contribution >= 0.6 is 0 Å². The minimum absolute atomic E-state index is 0.0359. The molecule has 0 spiro atoms. The van der Waals surface area contributed by atoms with Crippen molar-refractivity contribution in [3.63, 3.8) is 0 Å². The summed E-state index contributed by atoms with van der Waals surface area (Å²) in [6.45, 7) is -0.243. The van der Waals surface area contributed by atoms with Crippen LogP contribution < -0.4 is 16.5 Å². The number of anilines is 1. The highest BCUT2D eigenvalue weighted by molar-refractivity contribution is 6.32. The summed E-state index contributed by atoms with van der Waals surface area (Å²) in [4.78, 5) is 83.7. The van der Waals surface area contributed by atoms with Crippen molar-refractivity contribution in [3.8, 4) is 5.75 Å². The summed E-state index contributed by atoms with van der Waals surface area (Å²) in [7, 11) is 4.35. The normalized spacial score (nSPS) is 31.0. The lowest BCUT2D eigenvalue weighted by Crippen LogP contribution is -2.74. The molecule has 3 aliphatic carbocycles. The fourth-order valence-electron chi connectivity index (χ4n) is 6.01. The molecule has 0 heterocycles. The summed E-state index contributed by atoms with van der Waals surface area (Å²) in [6.07, 6.45) is 0.102. The third-order valence-corrected chi connectivity index (χ3v) is 7.59. The van der Waals surface area contributed by atoms with E-state index in [1.165, 1.54) is 38.2 Å².